The van der Waals surface area contributed by atoms with E-state index in [0.29, 0.717) is 0 Å². The summed E-state index contributed by atoms with van der Waals surface area (Å²) in [6.07, 6.45) is 1.17. The topological polar surface area (TPSA) is 114 Å². The van der Waals surface area contributed by atoms with E-state index in [-0.39, 0.29) is 18.7 Å². The van der Waals surface area contributed by atoms with E-state index in [9.17, 15) is 5.11 Å². The molecule has 1 rings (SSSR count). The zero-order chi connectivity index (χ0) is 11.4. The van der Waals surface area contributed by atoms with E-state index in [4.69, 9.17) is 20.4 Å². The molecule has 0 atom stereocenters. The van der Waals surface area contributed by atoms with Crippen LogP contribution < -0.4 is 0 Å². The Morgan fingerprint density at radius 2 is 1.73 bits per heavy atom. The van der Waals surface area contributed by atoms with Gasteiger partial charge in [-0.3, -0.25) is 4.99 Å². The van der Waals surface area contributed by atoms with E-state index in [1.165, 1.54) is 6.21 Å². The maximum atomic E-state index is 9.33. The molecular weight excluding hydrogens is 202 g/mol. The molecule has 82 valence electrons. The first-order valence-corrected chi connectivity index (χ1v) is 4.15. The van der Waals surface area contributed by atoms with Crippen LogP contribution in [0, 0.1) is 0 Å². The Morgan fingerprint density at radius 1 is 1.07 bits per heavy atom. The fraction of sp³-hybridized carbons (Fsp3) is 0.222. The van der Waals surface area contributed by atoms with Crippen LogP contribution in [0.2, 0.25) is 0 Å². The van der Waals surface area contributed by atoms with Gasteiger partial charge in [-0.2, -0.15) is 0 Å². The minimum atomic E-state index is -0.805. The average molecular weight is 213 g/mol. The summed E-state index contributed by atoms with van der Waals surface area (Å²) in [4.78, 5) is 3.69. The highest BCUT2D eigenvalue weighted by atomic mass is 16.3. The van der Waals surface area contributed by atoms with E-state index >= 15 is 0 Å². The summed E-state index contributed by atoms with van der Waals surface area (Å²) in [5.41, 5.74) is 0.0521. The van der Waals surface area contributed by atoms with E-state index < -0.39 is 23.0 Å². The number of aliphatic hydroxyl groups excluding tert-OH is 1. The summed E-state index contributed by atoms with van der Waals surface area (Å²) < 4.78 is 0. The second-order valence-corrected chi connectivity index (χ2v) is 2.79. The van der Waals surface area contributed by atoms with Crippen molar-refractivity contribution in [2.75, 3.05) is 13.2 Å². The van der Waals surface area contributed by atoms with Crippen molar-refractivity contribution < 1.29 is 25.5 Å². The molecule has 0 bridgehead atoms. The second-order valence-electron chi connectivity index (χ2n) is 2.79. The third-order valence-corrected chi connectivity index (χ3v) is 1.72. The Balaban J connectivity index is 3.09. The molecule has 1 aromatic carbocycles. The molecule has 6 heteroatoms. The minimum Gasteiger partial charge on any atom is -0.504 e. The molecule has 15 heavy (non-hydrogen) atoms. The lowest BCUT2D eigenvalue weighted by atomic mass is 10.1. The normalized spacial score (nSPS) is 11.0. The molecule has 1 aromatic rings. The van der Waals surface area contributed by atoms with E-state index in [1.807, 2.05) is 0 Å². The molecule has 0 aliphatic rings. The van der Waals surface area contributed by atoms with Gasteiger partial charge in [0, 0.05) is 11.8 Å². The van der Waals surface area contributed by atoms with Gasteiger partial charge in [0.15, 0.2) is 11.5 Å². The highest BCUT2D eigenvalue weighted by molar-refractivity contribution is 5.87. The number of phenolic OH excluding ortho intramolecular Hbond substituents is 4. The Kier molecular flexibility index (Phi) is 3.35. The largest absolute Gasteiger partial charge is 0.504 e. The van der Waals surface area contributed by atoms with Crippen molar-refractivity contribution in [3.8, 4) is 23.0 Å². The van der Waals surface area contributed by atoms with Gasteiger partial charge in [-0.05, 0) is 6.07 Å². The molecule has 0 aliphatic heterocycles. The molecule has 0 radical (unpaired) electrons. The number of aromatic hydroxyl groups is 4. The fourth-order valence-corrected chi connectivity index (χ4v) is 0.973. The van der Waals surface area contributed by atoms with Gasteiger partial charge in [-0.1, -0.05) is 0 Å². The van der Waals surface area contributed by atoms with Gasteiger partial charge in [-0.15, -0.1) is 0 Å². The number of aliphatic hydroxyl groups is 1. The number of rotatable bonds is 3. The SMILES string of the molecule is OCCN=Cc1cc(O)c(O)c(O)c1O. The first kappa shape index (κ1) is 11.1. The molecule has 0 aliphatic carbocycles. The highest BCUT2D eigenvalue weighted by Crippen LogP contribution is 2.43. The molecule has 0 heterocycles. The molecule has 0 aromatic heterocycles. The lowest BCUT2D eigenvalue weighted by Gasteiger charge is -2.05. The van der Waals surface area contributed by atoms with Crippen LogP contribution in [-0.4, -0.2) is 44.9 Å². The number of hydrogen-bond donors (Lipinski definition) is 5. The lowest BCUT2D eigenvalue weighted by molar-refractivity contribution is 0.307. The summed E-state index contributed by atoms with van der Waals surface area (Å²) in [5.74, 6) is -2.73. The fourth-order valence-electron chi connectivity index (χ4n) is 0.973. The lowest BCUT2D eigenvalue weighted by Crippen LogP contribution is -1.90. The number of benzene rings is 1. The van der Waals surface area contributed by atoms with Gasteiger partial charge in [0.1, 0.15) is 0 Å². The summed E-state index contributed by atoms with van der Waals surface area (Å²) >= 11 is 0. The summed E-state index contributed by atoms with van der Waals surface area (Å²) in [6, 6.07) is 1.05. The second kappa shape index (κ2) is 4.52. The number of hydrogen-bond acceptors (Lipinski definition) is 6. The maximum absolute atomic E-state index is 9.33. The van der Waals surface area contributed by atoms with Crippen LogP contribution in [0.15, 0.2) is 11.1 Å². The predicted molar refractivity (Wildman–Crippen MR) is 52.6 cm³/mol. The third kappa shape index (κ3) is 2.29. The number of nitrogens with zero attached hydrogens (tertiary/aromatic N) is 1. The minimum absolute atomic E-state index is 0.0521. The van der Waals surface area contributed by atoms with Crippen LogP contribution in [-0.2, 0) is 0 Å². The van der Waals surface area contributed by atoms with Gasteiger partial charge in [0.05, 0.1) is 13.2 Å². The summed E-state index contributed by atoms with van der Waals surface area (Å²) in [6.45, 7) is -0.00481. The number of aliphatic imine (C=N–C) groups is 1. The molecule has 0 amide bonds. The molecule has 5 N–H and O–H groups in total. The van der Waals surface area contributed by atoms with Crippen molar-refractivity contribution in [3.63, 3.8) is 0 Å². The standard InChI is InChI=1S/C9H11NO5/c11-2-1-10-4-5-3-6(12)8(14)9(15)7(5)13/h3-4,11-15H,1-2H2. The van der Waals surface area contributed by atoms with Crippen LogP contribution in [0.3, 0.4) is 0 Å². The van der Waals surface area contributed by atoms with Crippen molar-refractivity contribution in [2.24, 2.45) is 4.99 Å². The summed E-state index contributed by atoms with van der Waals surface area (Å²) in [7, 11) is 0. The first-order chi connectivity index (χ1) is 7.07. The van der Waals surface area contributed by atoms with Gasteiger partial charge < -0.3 is 25.5 Å². The third-order valence-electron chi connectivity index (χ3n) is 1.72. The van der Waals surface area contributed by atoms with E-state index in [0.717, 1.165) is 6.07 Å². The van der Waals surface area contributed by atoms with Crippen LogP contribution in [0.25, 0.3) is 0 Å². The smallest absolute Gasteiger partial charge is 0.204 e. The van der Waals surface area contributed by atoms with Gasteiger partial charge in [-0.25, -0.2) is 0 Å². The van der Waals surface area contributed by atoms with Crippen molar-refractivity contribution in [1.29, 1.82) is 0 Å². The molecule has 0 saturated carbocycles. The molecule has 0 saturated heterocycles. The Bertz CT molecular complexity index is 389. The van der Waals surface area contributed by atoms with Gasteiger partial charge in [0.25, 0.3) is 0 Å². The molecule has 0 spiro atoms. The van der Waals surface area contributed by atoms with Crippen molar-refractivity contribution in [3.05, 3.63) is 11.6 Å². The highest BCUT2D eigenvalue weighted by Gasteiger charge is 2.14. The molecule has 0 unspecified atom stereocenters. The molecular formula is C9H11NO5. The van der Waals surface area contributed by atoms with Crippen LogP contribution in [0.1, 0.15) is 5.56 Å². The maximum Gasteiger partial charge on any atom is 0.204 e. The molecule has 6 nitrogen and oxygen atoms in total. The summed E-state index contributed by atoms with van der Waals surface area (Å²) in [5, 5.41) is 45.1. The van der Waals surface area contributed by atoms with Gasteiger partial charge in [0.2, 0.25) is 11.5 Å². The number of phenols is 4. The first-order valence-electron chi connectivity index (χ1n) is 4.15. The Labute approximate surface area is 85.4 Å². The van der Waals surface area contributed by atoms with Crippen molar-refractivity contribution in [1.82, 2.24) is 0 Å². The molecule has 0 fully saturated rings. The monoisotopic (exact) mass is 213 g/mol. The van der Waals surface area contributed by atoms with Crippen molar-refractivity contribution >= 4 is 6.21 Å². The van der Waals surface area contributed by atoms with E-state index in [2.05, 4.69) is 4.99 Å². The Morgan fingerprint density at radius 3 is 2.33 bits per heavy atom. The zero-order valence-corrected chi connectivity index (χ0v) is 7.75. The van der Waals surface area contributed by atoms with Crippen LogP contribution in [0.4, 0.5) is 0 Å². The van der Waals surface area contributed by atoms with Crippen molar-refractivity contribution in [2.45, 2.75) is 0 Å². The van der Waals surface area contributed by atoms with Gasteiger partial charge >= 0.3 is 0 Å². The predicted octanol–water partition coefficient (Wildman–Crippen LogP) is -0.0798. The average Bonchev–Trinajstić information content (AvgIpc) is 2.23. The van der Waals surface area contributed by atoms with E-state index in [1.54, 1.807) is 0 Å². The van der Waals surface area contributed by atoms with Crippen LogP contribution >= 0.6 is 0 Å². The Hall–Kier alpha value is -1.95. The van der Waals surface area contributed by atoms with Crippen LogP contribution in [0.5, 0.6) is 23.0 Å². The quantitative estimate of drug-likeness (QED) is 0.274. The zero-order valence-electron chi connectivity index (χ0n) is 7.75.